The van der Waals surface area contributed by atoms with Gasteiger partial charge in [0.15, 0.2) is 6.19 Å². The highest BCUT2D eigenvalue weighted by Crippen LogP contribution is 2.24. The number of nitriles is 1. The van der Waals surface area contributed by atoms with E-state index in [4.69, 9.17) is 16.9 Å². The molecule has 11 heavy (non-hydrogen) atoms. The Morgan fingerprint density at radius 1 is 1.55 bits per heavy atom. The van der Waals surface area contributed by atoms with E-state index in [2.05, 4.69) is 21.2 Å². The number of anilines is 1. The molecule has 1 aromatic rings. The number of rotatable bonds is 1. The third-order valence-electron chi connectivity index (χ3n) is 1.12. The van der Waals surface area contributed by atoms with Gasteiger partial charge in [0, 0.05) is 4.47 Å². The Morgan fingerprint density at radius 3 is 2.82 bits per heavy atom. The highest BCUT2D eigenvalue weighted by atomic mass is 79.9. The van der Waals surface area contributed by atoms with Crippen molar-refractivity contribution in [3.05, 3.63) is 27.7 Å². The quantitative estimate of drug-likeness (QED) is 0.596. The summed E-state index contributed by atoms with van der Waals surface area (Å²) in [5.74, 6) is 0. The summed E-state index contributed by atoms with van der Waals surface area (Å²) in [6, 6.07) is 5.27. The largest absolute Gasteiger partial charge is 0.291 e. The summed E-state index contributed by atoms with van der Waals surface area (Å²) in [5.41, 5.74) is 0.623. The molecule has 2 nitrogen and oxygen atoms in total. The summed E-state index contributed by atoms with van der Waals surface area (Å²) in [7, 11) is 0. The van der Waals surface area contributed by atoms with Gasteiger partial charge in [-0.1, -0.05) is 27.5 Å². The lowest BCUT2D eigenvalue weighted by atomic mass is 10.3. The minimum atomic E-state index is 0.529. The monoisotopic (exact) mass is 230 g/mol. The van der Waals surface area contributed by atoms with Crippen LogP contribution in [-0.4, -0.2) is 0 Å². The van der Waals surface area contributed by atoms with Crippen molar-refractivity contribution in [2.45, 2.75) is 0 Å². The average Bonchev–Trinajstić information content (AvgIpc) is 1.95. The van der Waals surface area contributed by atoms with Crippen molar-refractivity contribution in [1.82, 2.24) is 0 Å². The summed E-state index contributed by atoms with van der Waals surface area (Å²) < 4.78 is 0.894. The summed E-state index contributed by atoms with van der Waals surface area (Å²) >= 11 is 9.02. The van der Waals surface area contributed by atoms with Crippen LogP contribution in [-0.2, 0) is 0 Å². The van der Waals surface area contributed by atoms with E-state index in [-0.39, 0.29) is 0 Å². The van der Waals surface area contributed by atoms with Gasteiger partial charge in [-0.25, -0.2) is 0 Å². The Balaban J connectivity index is 3.01. The molecule has 0 aliphatic rings. The van der Waals surface area contributed by atoms with E-state index in [1.807, 2.05) is 6.07 Å². The molecular weight excluding hydrogens is 227 g/mol. The van der Waals surface area contributed by atoms with Crippen LogP contribution in [0.3, 0.4) is 0 Å². The molecule has 1 rings (SSSR count). The molecule has 0 heterocycles. The lowest BCUT2D eigenvalue weighted by Gasteiger charge is -1.99. The highest BCUT2D eigenvalue weighted by Gasteiger charge is 1.97. The standard InChI is InChI=1S/C7H4BrClN2/c8-5-1-2-7(11-4-10)6(9)3-5/h1-3,11H. The maximum absolute atomic E-state index is 8.28. The zero-order chi connectivity index (χ0) is 8.27. The molecule has 0 aliphatic carbocycles. The molecule has 0 radical (unpaired) electrons. The normalized spacial score (nSPS) is 8.82. The smallest absolute Gasteiger partial charge is 0.181 e. The van der Waals surface area contributed by atoms with E-state index in [0.29, 0.717) is 10.7 Å². The molecule has 0 unspecified atom stereocenters. The van der Waals surface area contributed by atoms with Gasteiger partial charge in [0.2, 0.25) is 0 Å². The van der Waals surface area contributed by atoms with Crippen LogP contribution < -0.4 is 5.32 Å². The second-order valence-corrected chi connectivity index (χ2v) is 3.18. The summed E-state index contributed by atoms with van der Waals surface area (Å²) in [6.45, 7) is 0. The Labute approximate surface area is 77.9 Å². The predicted molar refractivity (Wildman–Crippen MR) is 48.4 cm³/mol. The molecule has 4 heteroatoms. The van der Waals surface area contributed by atoms with Crippen LogP contribution in [0.5, 0.6) is 0 Å². The number of hydrogen-bond donors (Lipinski definition) is 1. The van der Waals surface area contributed by atoms with Crippen LogP contribution in [0, 0.1) is 11.5 Å². The molecule has 0 aromatic heterocycles. The Kier molecular flexibility index (Phi) is 2.75. The fourth-order valence-corrected chi connectivity index (χ4v) is 1.37. The first-order valence-corrected chi connectivity index (χ1v) is 4.01. The topological polar surface area (TPSA) is 35.8 Å². The van der Waals surface area contributed by atoms with Gasteiger partial charge in [0.25, 0.3) is 0 Å². The molecule has 0 saturated heterocycles. The van der Waals surface area contributed by atoms with Gasteiger partial charge in [0.1, 0.15) is 0 Å². The van der Waals surface area contributed by atoms with Gasteiger partial charge >= 0.3 is 0 Å². The van der Waals surface area contributed by atoms with Gasteiger partial charge in [-0.3, -0.25) is 5.32 Å². The van der Waals surface area contributed by atoms with Crippen molar-refractivity contribution < 1.29 is 0 Å². The van der Waals surface area contributed by atoms with Crippen molar-refractivity contribution in [3.8, 4) is 6.19 Å². The molecule has 0 fully saturated rings. The fourth-order valence-electron chi connectivity index (χ4n) is 0.651. The van der Waals surface area contributed by atoms with E-state index in [0.717, 1.165) is 4.47 Å². The van der Waals surface area contributed by atoms with E-state index < -0.39 is 0 Å². The number of nitrogens with one attached hydrogen (secondary N) is 1. The zero-order valence-corrected chi connectivity index (χ0v) is 7.78. The molecule has 1 aromatic carbocycles. The van der Waals surface area contributed by atoms with Crippen molar-refractivity contribution in [1.29, 1.82) is 5.26 Å². The molecule has 56 valence electrons. The van der Waals surface area contributed by atoms with Crippen LogP contribution in [0.15, 0.2) is 22.7 Å². The van der Waals surface area contributed by atoms with Crippen molar-refractivity contribution >= 4 is 33.2 Å². The zero-order valence-electron chi connectivity index (χ0n) is 5.44. The number of benzene rings is 1. The molecule has 0 saturated carbocycles. The van der Waals surface area contributed by atoms with Crippen LogP contribution in [0.25, 0.3) is 0 Å². The third-order valence-corrected chi connectivity index (χ3v) is 1.93. The first-order chi connectivity index (χ1) is 5.24. The summed E-state index contributed by atoms with van der Waals surface area (Å²) in [5, 5.41) is 11.3. The van der Waals surface area contributed by atoms with Gasteiger partial charge in [-0.05, 0) is 18.2 Å². The lowest BCUT2D eigenvalue weighted by Crippen LogP contribution is -1.87. The van der Waals surface area contributed by atoms with E-state index in [1.54, 1.807) is 18.3 Å². The predicted octanol–water partition coefficient (Wildman–Crippen LogP) is 3.00. The van der Waals surface area contributed by atoms with Gasteiger partial charge in [-0.2, -0.15) is 5.26 Å². The minimum absolute atomic E-state index is 0.529. The number of nitrogens with zero attached hydrogens (tertiary/aromatic N) is 1. The third kappa shape index (κ3) is 2.11. The van der Waals surface area contributed by atoms with Crippen molar-refractivity contribution in [2.24, 2.45) is 0 Å². The molecule has 0 bridgehead atoms. The molecule has 1 N–H and O–H groups in total. The lowest BCUT2D eigenvalue weighted by molar-refractivity contribution is 1.47. The Morgan fingerprint density at radius 2 is 2.27 bits per heavy atom. The molecule has 0 aliphatic heterocycles. The van der Waals surface area contributed by atoms with E-state index in [1.165, 1.54) is 0 Å². The Bertz CT molecular complexity index is 306. The molecule has 0 amide bonds. The van der Waals surface area contributed by atoms with Crippen LogP contribution >= 0.6 is 27.5 Å². The maximum atomic E-state index is 8.28. The van der Waals surface area contributed by atoms with Crippen molar-refractivity contribution in [2.75, 3.05) is 5.32 Å². The molecular formula is C7H4BrClN2. The second-order valence-electron chi connectivity index (χ2n) is 1.86. The first kappa shape index (κ1) is 8.38. The first-order valence-electron chi connectivity index (χ1n) is 2.84. The van der Waals surface area contributed by atoms with Crippen LogP contribution in [0.2, 0.25) is 5.02 Å². The van der Waals surface area contributed by atoms with Gasteiger partial charge < -0.3 is 0 Å². The maximum Gasteiger partial charge on any atom is 0.181 e. The second kappa shape index (κ2) is 3.61. The number of hydrogen-bond acceptors (Lipinski definition) is 2. The van der Waals surface area contributed by atoms with Crippen LogP contribution in [0.4, 0.5) is 5.69 Å². The molecule has 0 spiro atoms. The highest BCUT2D eigenvalue weighted by molar-refractivity contribution is 9.10. The minimum Gasteiger partial charge on any atom is -0.291 e. The van der Waals surface area contributed by atoms with Gasteiger partial charge in [-0.15, -0.1) is 0 Å². The van der Waals surface area contributed by atoms with Crippen LogP contribution in [0.1, 0.15) is 0 Å². The summed E-state index contributed by atoms with van der Waals surface area (Å²) in [4.78, 5) is 0. The number of halogens is 2. The average molecular weight is 231 g/mol. The van der Waals surface area contributed by atoms with Gasteiger partial charge in [0.05, 0.1) is 10.7 Å². The molecule has 0 atom stereocenters. The Hall–Kier alpha value is -0.720. The summed E-state index contributed by atoms with van der Waals surface area (Å²) in [6.07, 6.45) is 1.79. The van der Waals surface area contributed by atoms with E-state index >= 15 is 0 Å². The SMILES string of the molecule is N#CNc1ccc(Br)cc1Cl. The van der Waals surface area contributed by atoms with Crippen molar-refractivity contribution in [3.63, 3.8) is 0 Å². The fraction of sp³-hybridized carbons (Fsp3) is 0. The van der Waals surface area contributed by atoms with E-state index in [9.17, 15) is 0 Å².